The minimum atomic E-state index is -0.198. The van der Waals surface area contributed by atoms with E-state index in [1.165, 1.54) is 0 Å². The summed E-state index contributed by atoms with van der Waals surface area (Å²) in [6, 6.07) is 17.2. The van der Waals surface area contributed by atoms with E-state index in [0.717, 1.165) is 55.6 Å². The summed E-state index contributed by atoms with van der Waals surface area (Å²) in [7, 11) is 0. The lowest BCUT2D eigenvalue weighted by atomic mass is 9.96. The van der Waals surface area contributed by atoms with Gasteiger partial charge in [0.15, 0.2) is 0 Å². The van der Waals surface area contributed by atoms with Gasteiger partial charge in [0.1, 0.15) is 0 Å². The summed E-state index contributed by atoms with van der Waals surface area (Å²) in [5, 5.41) is 5.96. The first kappa shape index (κ1) is 22.8. The van der Waals surface area contributed by atoms with Crippen LogP contribution in [0.5, 0.6) is 0 Å². The van der Waals surface area contributed by atoms with E-state index in [4.69, 9.17) is 0 Å². The van der Waals surface area contributed by atoms with Crippen LogP contribution in [0.3, 0.4) is 0 Å². The summed E-state index contributed by atoms with van der Waals surface area (Å²) in [6.07, 6.45) is 4.08. The molecule has 2 saturated heterocycles. The zero-order valence-corrected chi connectivity index (χ0v) is 19.0. The molecule has 4 rings (SSSR count). The van der Waals surface area contributed by atoms with Crippen LogP contribution >= 0.6 is 0 Å². The van der Waals surface area contributed by atoms with Crippen molar-refractivity contribution in [3.8, 4) is 0 Å². The molecule has 0 aliphatic carbocycles. The van der Waals surface area contributed by atoms with Gasteiger partial charge in [-0.1, -0.05) is 42.5 Å². The van der Waals surface area contributed by atoms with Crippen LogP contribution in [0.2, 0.25) is 0 Å². The Morgan fingerprint density at radius 2 is 1.58 bits per heavy atom. The van der Waals surface area contributed by atoms with Crippen LogP contribution in [0.25, 0.3) is 0 Å². The Balaban J connectivity index is 1.26. The molecule has 7 heteroatoms. The molecule has 4 amide bonds. The summed E-state index contributed by atoms with van der Waals surface area (Å²) in [6.45, 7) is 3.15. The summed E-state index contributed by atoms with van der Waals surface area (Å²) >= 11 is 0. The first-order valence-electron chi connectivity index (χ1n) is 11.8. The van der Waals surface area contributed by atoms with Crippen LogP contribution in [0.15, 0.2) is 54.6 Å². The molecule has 7 nitrogen and oxygen atoms in total. The Morgan fingerprint density at radius 3 is 2.36 bits per heavy atom. The molecule has 2 aliphatic heterocycles. The summed E-state index contributed by atoms with van der Waals surface area (Å²) in [4.78, 5) is 41.5. The van der Waals surface area contributed by atoms with Crippen molar-refractivity contribution in [2.24, 2.45) is 5.92 Å². The molecule has 2 aliphatic rings. The Bertz CT molecular complexity index is 973. The average molecular weight is 449 g/mol. The number of anilines is 1. The van der Waals surface area contributed by atoms with Crippen LogP contribution in [0.4, 0.5) is 10.5 Å². The SMILES string of the molecule is O=C(NCc1cccc(NC(=O)N2CCCC2)c1)C1CCCN(C(=O)Cc2ccccc2)C1. The average Bonchev–Trinajstić information content (AvgIpc) is 3.39. The van der Waals surface area contributed by atoms with Crippen molar-refractivity contribution in [3.63, 3.8) is 0 Å². The number of nitrogens with one attached hydrogen (secondary N) is 2. The highest BCUT2D eigenvalue weighted by molar-refractivity contribution is 5.89. The molecule has 0 saturated carbocycles. The normalized spacial score (nSPS) is 18.1. The second-order valence-electron chi connectivity index (χ2n) is 8.88. The van der Waals surface area contributed by atoms with Crippen molar-refractivity contribution in [2.45, 2.75) is 38.6 Å². The predicted molar refractivity (Wildman–Crippen MR) is 128 cm³/mol. The Hall–Kier alpha value is -3.35. The third-order valence-corrected chi connectivity index (χ3v) is 6.38. The first-order chi connectivity index (χ1) is 16.1. The van der Waals surface area contributed by atoms with Crippen LogP contribution in [-0.2, 0) is 22.6 Å². The molecule has 0 radical (unpaired) electrons. The van der Waals surface area contributed by atoms with Crippen molar-refractivity contribution in [1.29, 1.82) is 0 Å². The molecule has 0 bridgehead atoms. The van der Waals surface area contributed by atoms with Gasteiger partial charge >= 0.3 is 6.03 Å². The van der Waals surface area contributed by atoms with Gasteiger partial charge in [0, 0.05) is 38.4 Å². The van der Waals surface area contributed by atoms with Crippen molar-refractivity contribution in [1.82, 2.24) is 15.1 Å². The number of carbonyl (C=O) groups excluding carboxylic acids is 3. The highest BCUT2D eigenvalue weighted by Crippen LogP contribution is 2.19. The minimum absolute atomic E-state index is 0.0290. The Kier molecular flexibility index (Phi) is 7.60. The molecule has 0 aromatic heterocycles. The zero-order chi connectivity index (χ0) is 23.0. The second-order valence-corrected chi connectivity index (χ2v) is 8.88. The largest absolute Gasteiger partial charge is 0.352 e. The van der Waals surface area contributed by atoms with Gasteiger partial charge in [-0.2, -0.15) is 0 Å². The first-order valence-corrected chi connectivity index (χ1v) is 11.8. The Morgan fingerprint density at radius 1 is 0.848 bits per heavy atom. The van der Waals surface area contributed by atoms with E-state index < -0.39 is 0 Å². The molecule has 2 aromatic carbocycles. The van der Waals surface area contributed by atoms with Gasteiger partial charge in [0.05, 0.1) is 12.3 Å². The molecule has 1 atom stereocenters. The molecular weight excluding hydrogens is 416 g/mol. The van der Waals surface area contributed by atoms with Gasteiger partial charge in [-0.3, -0.25) is 9.59 Å². The van der Waals surface area contributed by atoms with Crippen molar-refractivity contribution in [3.05, 3.63) is 65.7 Å². The lowest BCUT2D eigenvalue weighted by Gasteiger charge is -2.32. The maximum atomic E-state index is 12.8. The number of piperidine rings is 1. The molecule has 2 aromatic rings. The topological polar surface area (TPSA) is 81.8 Å². The standard InChI is InChI=1S/C26H32N4O3/c31-24(17-20-8-2-1-3-9-20)30-15-7-11-22(19-30)25(32)27-18-21-10-6-12-23(16-21)28-26(33)29-13-4-5-14-29/h1-3,6,8-10,12,16,22H,4-5,7,11,13-15,17-19H2,(H,27,32)(H,28,33). The van der Waals surface area contributed by atoms with Gasteiger partial charge in [-0.25, -0.2) is 4.79 Å². The fraction of sp³-hybridized carbons (Fsp3) is 0.423. The van der Waals surface area contributed by atoms with Crippen LogP contribution in [0, 0.1) is 5.92 Å². The van der Waals surface area contributed by atoms with Gasteiger partial charge in [-0.15, -0.1) is 0 Å². The van der Waals surface area contributed by atoms with Crippen LogP contribution < -0.4 is 10.6 Å². The van der Waals surface area contributed by atoms with Gasteiger partial charge in [0.2, 0.25) is 11.8 Å². The maximum Gasteiger partial charge on any atom is 0.321 e. The molecule has 2 N–H and O–H groups in total. The fourth-order valence-corrected chi connectivity index (χ4v) is 4.52. The molecular formula is C26H32N4O3. The van der Waals surface area contributed by atoms with Crippen LogP contribution in [-0.4, -0.2) is 53.8 Å². The summed E-state index contributed by atoms with van der Waals surface area (Å²) < 4.78 is 0. The predicted octanol–water partition coefficient (Wildman–Crippen LogP) is 3.41. The molecule has 174 valence electrons. The molecule has 2 fully saturated rings. The van der Waals surface area contributed by atoms with E-state index in [-0.39, 0.29) is 23.8 Å². The summed E-state index contributed by atoms with van der Waals surface area (Å²) in [5.74, 6) is -0.157. The number of likely N-dealkylation sites (tertiary alicyclic amines) is 2. The third kappa shape index (κ3) is 6.34. The highest BCUT2D eigenvalue weighted by atomic mass is 16.2. The smallest absolute Gasteiger partial charge is 0.321 e. The second kappa shape index (κ2) is 11.0. The van der Waals surface area contributed by atoms with E-state index in [1.54, 1.807) is 0 Å². The maximum absolute atomic E-state index is 12.8. The van der Waals surface area contributed by atoms with Gasteiger partial charge in [-0.05, 0) is 48.9 Å². The van der Waals surface area contributed by atoms with Crippen LogP contribution in [0.1, 0.15) is 36.8 Å². The highest BCUT2D eigenvalue weighted by Gasteiger charge is 2.28. The van der Waals surface area contributed by atoms with E-state index in [0.29, 0.717) is 26.1 Å². The van der Waals surface area contributed by atoms with Crippen molar-refractivity contribution >= 4 is 23.5 Å². The number of carbonyl (C=O) groups is 3. The molecule has 33 heavy (non-hydrogen) atoms. The van der Waals surface area contributed by atoms with E-state index >= 15 is 0 Å². The third-order valence-electron chi connectivity index (χ3n) is 6.38. The fourth-order valence-electron chi connectivity index (χ4n) is 4.52. The number of urea groups is 1. The molecule has 2 heterocycles. The molecule has 0 spiro atoms. The van der Waals surface area contributed by atoms with E-state index in [1.807, 2.05) is 64.4 Å². The Labute approximate surface area is 195 Å². The summed E-state index contributed by atoms with van der Waals surface area (Å²) in [5.41, 5.74) is 2.65. The zero-order valence-electron chi connectivity index (χ0n) is 19.0. The number of rotatable bonds is 6. The number of hydrogen-bond donors (Lipinski definition) is 2. The van der Waals surface area contributed by atoms with Gasteiger partial charge < -0.3 is 20.4 Å². The lowest BCUT2D eigenvalue weighted by molar-refractivity contribution is -0.135. The van der Waals surface area contributed by atoms with Gasteiger partial charge in [0.25, 0.3) is 0 Å². The van der Waals surface area contributed by atoms with Crippen molar-refractivity contribution < 1.29 is 14.4 Å². The lowest BCUT2D eigenvalue weighted by Crippen LogP contribution is -2.45. The quantitative estimate of drug-likeness (QED) is 0.711. The van der Waals surface area contributed by atoms with E-state index in [9.17, 15) is 14.4 Å². The molecule has 1 unspecified atom stereocenters. The number of nitrogens with zero attached hydrogens (tertiary/aromatic N) is 2. The minimum Gasteiger partial charge on any atom is -0.352 e. The van der Waals surface area contributed by atoms with E-state index in [2.05, 4.69) is 10.6 Å². The monoisotopic (exact) mass is 448 g/mol. The van der Waals surface area contributed by atoms with Crippen molar-refractivity contribution in [2.75, 3.05) is 31.5 Å². The number of amides is 4. The number of benzene rings is 2. The number of hydrogen-bond acceptors (Lipinski definition) is 3.